The van der Waals surface area contributed by atoms with Crippen molar-refractivity contribution in [2.45, 2.75) is 51.1 Å². The first kappa shape index (κ1) is 25.5. The van der Waals surface area contributed by atoms with Crippen molar-refractivity contribution < 1.29 is 4.74 Å². The molecule has 0 bridgehead atoms. The van der Waals surface area contributed by atoms with E-state index in [-0.39, 0.29) is 5.56 Å². The summed E-state index contributed by atoms with van der Waals surface area (Å²) in [5, 5.41) is 7.29. The highest BCUT2D eigenvalue weighted by Gasteiger charge is 2.25. The van der Waals surface area contributed by atoms with Crippen LogP contribution in [0.3, 0.4) is 0 Å². The highest BCUT2D eigenvalue weighted by atomic mass is 35.5. The van der Waals surface area contributed by atoms with Gasteiger partial charge in [-0.2, -0.15) is 5.10 Å². The molecule has 1 saturated heterocycles. The molecule has 3 aromatic carbocycles. The van der Waals surface area contributed by atoms with Gasteiger partial charge in [-0.15, -0.1) is 0 Å². The number of aromatic nitrogens is 2. The molecule has 0 N–H and O–H groups in total. The van der Waals surface area contributed by atoms with Crippen molar-refractivity contribution in [1.82, 2.24) is 14.7 Å². The number of halogens is 1. The Morgan fingerprint density at radius 2 is 1.68 bits per heavy atom. The fourth-order valence-corrected chi connectivity index (χ4v) is 5.51. The Kier molecular flexibility index (Phi) is 8.22. The number of hydrogen-bond acceptors (Lipinski definition) is 4. The molecular formula is C31H34ClN3O2. The van der Waals surface area contributed by atoms with Crippen LogP contribution in [0.2, 0.25) is 5.02 Å². The number of fused-ring (bicyclic) bond motifs is 1. The monoisotopic (exact) mass is 515 g/mol. The molecule has 1 fully saturated rings. The Bertz CT molecular complexity index is 1380. The molecule has 0 spiro atoms. The average molecular weight is 516 g/mol. The maximum atomic E-state index is 13.4. The van der Waals surface area contributed by atoms with Gasteiger partial charge in [0.1, 0.15) is 5.75 Å². The van der Waals surface area contributed by atoms with Crippen LogP contribution in [0.25, 0.3) is 10.8 Å². The second-order valence-electron chi connectivity index (χ2n) is 9.92. The zero-order valence-corrected chi connectivity index (χ0v) is 22.2. The molecule has 37 heavy (non-hydrogen) atoms. The third-order valence-electron chi connectivity index (χ3n) is 7.43. The molecule has 0 radical (unpaired) electrons. The summed E-state index contributed by atoms with van der Waals surface area (Å²) in [5.74, 6) is 0.900. The van der Waals surface area contributed by atoms with E-state index in [1.165, 1.54) is 12.0 Å². The summed E-state index contributed by atoms with van der Waals surface area (Å²) in [6.45, 7) is 2.78. The number of unbranched alkanes of at least 4 members (excludes halogenated alkanes) is 1. The van der Waals surface area contributed by atoms with Crippen LogP contribution in [0.15, 0.2) is 77.6 Å². The van der Waals surface area contributed by atoms with Gasteiger partial charge >= 0.3 is 0 Å². The van der Waals surface area contributed by atoms with E-state index < -0.39 is 0 Å². The standard InChI is InChI=1S/C31H34ClN3O2/c1-37-27-17-13-23(14-18-27)7-4-5-19-34-20-6-8-26(34)22-35-31(36)29-10-3-2-9-28(29)30(33-35)21-24-11-15-25(32)16-12-24/h2-3,9-18,26H,4-8,19-22H2,1H3/t26-/m1/s1. The lowest BCUT2D eigenvalue weighted by molar-refractivity contribution is 0.221. The lowest BCUT2D eigenvalue weighted by atomic mass is 10.0. The van der Waals surface area contributed by atoms with Crippen LogP contribution >= 0.6 is 11.6 Å². The van der Waals surface area contributed by atoms with E-state index in [4.69, 9.17) is 21.4 Å². The normalized spacial score (nSPS) is 15.9. The first-order valence-electron chi connectivity index (χ1n) is 13.2. The van der Waals surface area contributed by atoms with Crippen LogP contribution in [0.1, 0.15) is 42.5 Å². The minimum absolute atomic E-state index is 0.00168. The van der Waals surface area contributed by atoms with Crippen LogP contribution < -0.4 is 10.3 Å². The third-order valence-corrected chi connectivity index (χ3v) is 7.68. The molecule has 0 unspecified atom stereocenters. The van der Waals surface area contributed by atoms with Crippen molar-refractivity contribution in [3.05, 3.63) is 105 Å². The van der Waals surface area contributed by atoms with Gasteiger partial charge in [-0.3, -0.25) is 9.69 Å². The third kappa shape index (κ3) is 6.23. The topological polar surface area (TPSA) is 47.4 Å². The largest absolute Gasteiger partial charge is 0.497 e. The molecule has 4 aromatic rings. The summed E-state index contributed by atoms with van der Waals surface area (Å²) >= 11 is 6.08. The quantitative estimate of drug-likeness (QED) is 0.238. The zero-order valence-electron chi connectivity index (χ0n) is 21.4. The summed E-state index contributed by atoms with van der Waals surface area (Å²) in [5.41, 5.74) is 3.41. The summed E-state index contributed by atoms with van der Waals surface area (Å²) in [6.07, 6.45) is 6.30. The Morgan fingerprint density at radius 3 is 2.43 bits per heavy atom. The van der Waals surface area contributed by atoms with Crippen LogP contribution in [0.5, 0.6) is 5.75 Å². The van der Waals surface area contributed by atoms with Crippen LogP contribution in [0, 0.1) is 0 Å². The fraction of sp³-hybridized carbons (Fsp3) is 0.355. The zero-order chi connectivity index (χ0) is 25.6. The van der Waals surface area contributed by atoms with Crippen molar-refractivity contribution in [3.63, 3.8) is 0 Å². The van der Waals surface area contributed by atoms with Crippen molar-refractivity contribution in [2.75, 3.05) is 20.2 Å². The molecule has 0 amide bonds. The molecule has 1 aliphatic heterocycles. The van der Waals surface area contributed by atoms with Gasteiger partial charge in [0.05, 0.1) is 24.7 Å². The predicted molar refractivity (Wildman–Crippen MR) is 151 cm³/mol. The van der Waals surface area contributed by atoms with Gasteiger partial charge in [-0.05, 0) is 86.7 Å². The van der Waals surface area contributed by atoms with Gasteiger partial charge in [0.25, 0.3) is 5.56 Å². The second kappa shape index (κ2) is 11.9. The van der Waals surface area contributed by atoms with Gasteiger partial charge in [0.2, 0.25) is 0 Å². The van der Waals surface area contributed by atoms with Crippen molar-refractivity contribution in [2.24, 2.45) is 0 Å². The van der Waals surface area contributed by atoms with E-state index in [2.05, 4.69) is 17.0 Å². The van der Waals surface area contributed by atoms with Crippen LogP contribution in [-0.4, -0.2) is 40.9 Å². The highest BCUT2D eigenvalue weighted by molar-refractivity contribution is 6.30. The number of ether oxygens (including phenoxy) is 1. The van der Waals surface area contributed by atoms with E-state index >= 15 is 0 Å². The summed E-state index contributed by atoms with van der Waals surface area (Å²) < 4.78 is 6.97. The van der Waals surface area contributed by atoms with Crippen molar-refractivity contribution in [1.29, 1.82) is 0 Å². The Morgan fingerprint density at radius 1 is 0.946 bits per heavy atom. The molecule has 0 saturated carbocycles. The SMILES string of the molecule is COc1ccc(CCCCN2CCC[C@@H]2Cn2nc(Cc3ccc(Cl)cc3)c3ccccc3c2=O)cc1. The summed E-state index contributed by atoms with van der Waals surface area (Å²) in [7, 11) is 1.70. The molecule has 5 rings (SSSR count). The minimum atomic E-state index is 0.00168. The van der Waals surface area contributed by atoms with Gasteiger partial charge in [-0.1, -0.05) is 54.1 Å². The summed E-state index contributed by atoms with van der Waals surface area (Å²) in [6, 6.07) is 24.4. The molecule has 5 nitrogen and oxygen atoms in total. The van der Waals surface area contributed by atoms with Gasteiger partial charge in [0, 0.05) is 22.9 Å². The van der Waals surface area contributed by atoms with Gasteiger partial charge in [-0.25, -0.2) is 4.68 Å². The van der Waals surface area contributed by atoms with E-state index in [9.17, 15) is 4.79 Å². The van der Waals surface area contributed by atoms with Crippen molar-refractivity contribution in [3.8, 4) is 5.75 Å². The highest BCUT2D eigenvalue weighted by Crippen LogP contribution is 2.22. The predicted octanol–water partition coefficient (Wildman–Crippen LogP) is 6.14. The van der Waals surface area contributed by atoms with Crippen molar-refractivity contribution >= 4 is 22.4 Å². The Balaban J connectivity index is 1.27. The smallest absolute Gasteiger partial charge is 0.274 e. The molecule has 2 heterocycles. The molecule has 6 heteroatoms. The number of likely N-dealkylation sites (tertiary alicyclic amines) is 1. The lowest BCUT2D eigenvalue weighted by Crippen LogP contribution is -2.38. The Hall–Kier alpha value is -3.15. The van der Waals surface area contributed by atoms with E-state index in [1.807, 2.05) is 60.7 Å². The fourth-order valence-electron chi connectivity index (χ4n) is 5.39. The minimum Gasteiger partial charge on any atom is -0.497 e. The maximum absolute atomic E-state index is 13.4. The molecule has 0 aliphatic carbocycles. The second-order valence-corrected chi connectivity index (χ2v) is 10.4. The molecule has 192 valence electrons. The lowest BCUT2D eigenvalue weighted by Gasteiger charge is -2.25. The molecule has 1 atom stereocenters. The Labute approximate surface area is 223 Å². The first-order chi connectivity index (χ1) is 18.1. The number of benzene rings is 3. The van der Waals surface area contributed by atoms with E-state index in [0.29, 0.717) is 19.0 Å². The van der Waals surface area contributed by atoms with E-state index in [0.717, 1.165) is 71.6 Å². The first-order valence-corrected chi connectivity index (χ1v) is 13.6. The van der Waals surface area contributed by atoms with E-state index in [1.54, 1.807) is 11.8 Å². The molecule has 1 aliphatic rings. The number of aryl methyl sites for hydroxylation is 1. The molecule has 1 aromatic heterocycles. The van der Waals surface area contributed by atoms with Gasteiger partial charge < -0.3 is 4.74 Å². The number of nitrogens with zero attached hydrogens (tertiary/aromatic N) is 3. The van der Waals surface area contributed by atoms with Crippen LogP contribution in [0.4, 0.5) is 0 Å². The number of rotatable bonds is 10. The summed E-state index contributed by atoms with van der Waals surface area (Å²) in [4.78, 5) is 15.9. The maximum Gasteiger partial charge on any atom is 0.274 e. The number of hydrogen-bond donors (Lipinski definition) is 0. The van der Waals surface area contributed by atoms with Gasteiger partial charge in [0.15, 0.2) is 0 Å². The average Bonchev–Trinajstić information content (AvgIpc) is 3.37. The number of methoxy groups -OCH3 is 1. The van der Waals surface area contributed by atoms with Crippen LogP contribution in [-0.2, 0) is 19.4 Å². The molecular weight excluding hydrogens is 482 g/mol.